The van der Waals surface area contributed by atoms with Gasteiger partial charge in [0.25, 0.3) is 0 Å². The summed E-state index contributed by atoms with van der Waals surface area (Å²) in [7, 11) is 0. The van der Waals surface area contributed by atoms with Gasteiger partial charge in [-0.15, -0.1) is 6.58 Å². The molecule has 0 amide bonds. The van der Waals surface area contributed by atoms with E-state index < -0.39 is 0 Å². The minimum atomic E-state index is 0.427. The SMILES string of the molecule is C=CCCC(N)C1CCCCCC1. The van der Waals surface area contributed by atoms with Gasteiger partial charge in [-0.2, -0.15) is 0 Å². The Kier molecular flexibility index (Phi) is 5.14. The van der Waals surface area contributed by atoms with Crippen LogP contribution >= 0.6 is 0 Å². The Balaban J connectivity index is 2.25. The molecule has 0 aromatic carbocycles. The smallest absolute Gasteiger partial charge is 0.00701 e. The molecule has 1 atom stereocenters. The highest BCUT2D eigenvalue weighted by atomic mass is 14.6. The number of allylic oxidation sites excluding steroid dienone is 1. The van der Waals surface area contributed by atoms with E-state index in [-0.39, 0.29) is 0 Å². The number of hydrogen-bond acceptors (Lipinski definition) is 1. The summed E-state index contributed by atoms with van der Waals surface area (Å²) >= 11 is 0. The molecule has 0 aliphatic heterocycles. The van der Waals surface area contributed by atoms with Crippen LogP contribution in [0.15, 0.2) is 12.7 Å². The maximum Gasteiger partial charge on any atom is 0.00701 e. The van der Waals surface area contributed by atoms with E-state index >= 15 is 0 Å². The molecule has 1 saturated carbocycles. The average molecular weight is 181 g/mol. The molecule has 0 bridgehead atoms. The molecule has 0 aromatic rings. The second-order valence-corrected chi connectivity index (χ2v) is 4.28. The molecule has 1 aliphatic carbocycles. The summed E-state index contributed by atoms with van der Waals surface area (Å²) in [4.78, 5) is 0. The van der Waals surface area contributed by atoms with Gasteiger partial charge in [0.15, 0.2) is 0 Å². The molecule has 1 nitrogen and oxygen atoms in total. The van der Waals surface area contributed by atoms with Crippen LogP contribution in [0.4, 0.5) is 0 Å². The third-order valence-electron chi connectivity index (χ3n) is 3.21. The van der Waals surface area contributed by atoms with Crippen molar-refractivity contribution in [2.75, 3.05) is 0 Å². The molecule has 1 aliphatic rings. The summed E-state index contributed by atoms with van der Waals surface area (Å²) in [5.74, 6) is 0.794. The minimum absolute atomic E-state index is 0.427. The second-order valence-electron chi connectivity index (χ2n) is 4.28. The third kappa shape index (κ3) is 3.95. The van der Waals surface area contributed by atoms with Gasteiger partial charge in [-0.1, -0.05) is 31.8 Å². The Hall–Kier alpha value is -0.300. The van der Waals surface area contributed by atoms with Gasteiger partial charge in [-0.05, 0) is 31.6 Å². The van der Waals surface area contributed by atoms with E-state index in [1.165, 1.54) is 38.5 Å². The van der Waals surface area contributed by atoms with Crippen LogP contribution in [0, 0.1) is 5.92 Å². The second kappa shape index (κ2) is 6.20. The Labute approximate surface area is 82.4 Å². The van der Waals surface area contributed by atoms with Crippen LogP contribution in [0.2, 0.25) is 0 Å². The standard InChI is InChI=1S/C12H23N/c1-2-3-10-12(13)11-8-6-4-5-7-9-11/h2,11-12H,1,3-10,13H2. The van der Waals surface area contributed by atoms with Crippen LogP contribution in [0.1, 0.15) is 51.4 Å². The fraction of sp³-hybridized carbons (Fsp3) is 0.833. The molecule has 76 valence electrons. The third-order valence-corrected chi connectivity index (χ3v) is 3.21. The molecule has 1 unspecified atom stereocenters. The summed E-state index contributed by atoms with van der Waals surface area (Å²) in [6, 6.07) is 0.427. The molecule has 1 fully saturated rings. The van der Waals surface area contributed by atoms with E-state index in [2.05, 4.69) is 6.58 Å². The van der Waals surface area contributed by atoms with Crippen LogP contribution in [-0.2, 0) is 0 Å². The summed E-state index contributed by atoms with van der Waals surface area (Å²) in [5.41, 5.74) is 6.16. The maximum absolute atomic E-state index is 6.16. The fourth-order valence-electron chi connectivity index (χ4n) is 2.29. The van der Waals surface area contributed by atoms with Crippen molar-refractivity contribution in [1.82, 2.24) is 0 Å². The molecule has 0 aromatic heterocycles. The first kappa shape index (κ1) is 10.8. The maximum atomic E-state index is 6.16. The number of hydrogen-bond donors (Lipinski definition) is 1. The first-order valence-electron chi connectivity index (χ1n) is 5.71. The average Bonchev–Trinajstić information content (AvgIpc) is 2.42. The van der Waals surface area contributed by atoms with E-state index in [9.17, 15) is 0 Å². The van der Waals surface area contributed by atoms with Crippen LogP contribution in [0.5, 0.6) is 0 Å². The van der Waals surface area contributed by atoms with Gasteiger partial charge in [0, 0.05) is 6.04 Å². The summed E-state index contributed by atoms with van der Waals surface area (Å²) in [5, 5.41) is 0. The van der Waals surface area contributed by atoms with Crippen molar-refractivity contribution in [2.24, 2.45) is 11.7 Å². The van der Waals surface area contributed by atoms with Crippen molar-refractivity contribution in [2.45, 2.75) is 57.4 Å². The normalized spacial score (nSPS) is 22.2. The highest BCUT2D eigenvalue weighted by Crippen LogP contribution is 2.26. The van der Waals surface area contributed by atoms with Gasteiger partial charge in [0.2, 0.25) is 0 Å². The lowest BCUT2D eigenvalue weighted by Gasteiger charge is -2.21. The van der Waals surface area contributed by atoms with Gasteiger partial charge in [-0.3, -0.25) is 0 Å². The van der Waals surface area contributed by atoms with Gasteiger partial charge < -0.3 is 5.73 Å². The molecule has 2 N–H and O–H groups in total. The van der Waals surface area contributed by atoms with Crippen LogP contribution < -0.4 is 5.73 Å². The van der Waals surface area contributed by atoms with Gasteiger partial charge in [-0.25, -0.2) is 0 Å². The highest BCUT2D eigenvalue weighted by Gasteiger charge is 2.18. The Morgan fingerprint density at radius 3 is 2.38 bits per heavy atom. The predicted molar refractivity (Wildman–Crippen MR) is 58.6 cm³/mol. The largest absolute Gasteiger partial charge is 0.327 e. The van der Waals surface area contributed by atoms with Crippen molar-refractivity contribution in [3.63, 3.8) is 0 Å². The molecule has 0 saturated heterocycles. The summed E-state index contributed by atoms with van der Waals surface area (Å²) < 4.78 is 0. The van der Waals surface area contributed by atoms with E-state index in [1.807, 2.05) is 6.08 Å². The first-order chi connectivity index (χ1) is 6.34. The Bertz CT molecular complexity index is 134. The fourth-order valence-corrected chi connectivity index (χ4v) is 2.29. The van der Waals surface area contributed by atoms with Gasteiger partial charge in [0.05, 0.1) is 0 Å². The van der Waals surface area contributed by atoms with E-state index in [4.69, 9.17) is 5.73 Å². The molecule has 0 spiro atoms. The molecule has 1 heteroatoms. The van der Waals surface area contributed by atoms with Crippen LogP contribution in [0.25, 0.3) is 0 Å². The molecule has 0 radical (unpaired) electrons. The lowest BCUT2D eigenvalue weighted by atomic mass is 9.90. The van der Waals surface area contributed by atoms with Crippen LogP contribution in [0.3, 0.4) is 0 Å². The van der Waals surface area contributed by atoms with Crippen molar-refractivity contribution in [3.05, 3.63) is 12.7 Å². The zero-order valence-electron chi connectivity index (χ0n) is 8.67. The summed E-state index contributed by atoms with van der Waals surface area (Å²) in [6.45, 7) is 3.74. The number of rotatable bonds is 4. The van der Waals surface area contributed by atoms with Crippen molar-refractivity contribution in [1.29, 1.82) is 0 Å². The van der Waals surface area contributed by atoms with E-state index in [1.54, 1.807) is 0 Å². The zero-order chi connectivity index (χ0) is 9.52. The molecule has 1 rings (SSSR count). The summed E-state index contributed by atoms with van der Waals surface area (Å²) in [6.07, 6.45) is 12.5. The molecule has 13 heavy (non-hydrogen) atoms. The van der Waals surface area contributed by atoms with Crippen molar-refractivity contribution < 1.29 is 0 Å². The van der Waals surface area contributed by atoms with Gasteiger partial charge >= 0.3 is 0 Å². The van der Waals surface area contributed by atoms with Crippen molar-refractivity contribution in [3.8, 4) is 0 Å². The highest BCUT2D eigenvalue weighted by molar-refractivity contribution is 4.78. The Morgan fingerprint density at radius 1 is 1.23 bits per heavy atom. The first-order valence-corrected chi connectivity index (χ1v) is 5.71. The lowest BCUT2D eigenvalue weighted by molar-refractivity contribution is 0.360. The monoisotopic (exact) mass is 181 g/mol. The zero-order valence-corrected chi connectivity index (χ0v) is 8.67. The van der Waals surface area contributed by atoms with E-state index in [0.29, 0.717) is 6.04 Å². The van der Waals surface area contributed by atoms with Crippen molar-refractivity contribution >= 4 is 0 Å². The quantitative estimate of drug-likeness (QED) is 0.523. The molecular weight excluding hydrogens is 158 g/mol. The minimum Gasteiger partial charge on any atom is -0.327 e. The number of nitrogens with two attached hydrogens (primary N) is 1. The Morgan fingerprint density at radius 2 is 1.85 bits per heavy atom. The van der Waals surface area contributed by atoms with E-state index in [0.717, 1.165) is 18.8 Å². The topological polar surface area (TPSA) is 26.0 Å². The van der Waals surface area contributed by atoms with Crippen LogP contribution in [-0.4, -0.2) is 6.04 Å². The molecule has 0 heterocycles. The van der Waals surface area contributed by atoms with Gasteiger partial charge in [0.1, 0.15) is 0 Å². The lowest BCUT2D eigenvalue weighted by Crippen LogP contribution is -2.29. The molecular formula is C12H23N. The predicted octanol–water partition coefficient (Wildman–Crippen LogP) is 3.25.